The van der Waals surface area contributed by atoms with Gasteiger partial charge in [-0.3, -0.25) is 4.79 Å². The lowest BCUT2D eigenvalue weighted by molar-refractivity contribution is 0.0976. The second-order valence-corrected chi connectivity index (χ2v) is 4.27. The van der Waals surface area contributed by atoms with Gasteiger partial charge in [-0.1, -0.05) is 19.1 Å². The lowest BCUT2D eigenvalue weighted by Gasteiger charge is -2.08. The molecule has 20 heavy (non-hydrogen) atoms. The Morgan fingerprint density at radius 2 is 2.05 bits per heavy atom. The molecule has 1 aromatic carbocycles. The van der Waals surface area contributed by atoms with E-state index in [2.05, 4.69) is 15.2 Å². The van der Waals surface area contributed by atoms with Gasteiger partial charge in [-0.15, -0.1) is 5.10 Å². The molecule has 0 saturated heterocycles. The predicted octanol–water partition coefficient (Wildman–Crippen LogP) is 2.92. The molecule has 2 rings (SSSR count). The molecule has 5 heteroatoms. The Morgan fingerprint density at radius 3 is 2.80 bits per heavy atom. The van der Waals surface area contributed by atoms with Crippen molar-refractivity contribution in [2.45, 2.75) is 26.7 Å². The van der Waals surface area contributed by atoms with Crippen LogP contribution in [-0.4, -0.2) is 27.6 Å². The summed E-state index contributed by atoms with van der Waals surface area (Å²) in [6.07, 6.45) is 2.66. The first kappa shape index (κ1) is 14.1. The summed E-state index contributed by atoms with van der Waals surface area (Å²) in [6, 6.07) is 7.47. The number of carbonyl (C=O) groups excluding carboxylic acids is 1. The van der Waals surface area contributed by atoms with E-state index in [1.165, 1.54) is 6.20 Å². The number of rotatable bonds is 6. The van der Waals surface area contributed by atoms with Crippen molar-refractivity contribution in [2.24, 2.45) is 0 Å². The zero-order chi connectivity index (χ0) is 14.4. The Bertz CT molecular complexity index is 599. The third-order valence-corrected chi connectivity index (χ3v) is 2.75. The molecule has 1 heterocycles. The number of ketones is 1. The van der Waals surface area contributed by atoms with Crippen molar-refractivity contribution >= 4 is 5.78 Å². The summed E-state index contributed by atoms with van der Waals surface area (Å²) in [5, 5.41) is 7.88. The Morgan fingerprint density at radius 1 is 1.25 bits per heavy atom. The molecule has 0 aliphatic heterocycles. The molecular formula is C15H17N3O2. The van der Waals surface area contributed by atoms with Gasteiger partial charge < -0.3 is 4.74 Å². The summed E-state index contributed by atoms with van der Waals surface area (Å²) in [4.78, 5) is 16.2. The van der Waals surface area contributed by atoms with Crippen LogP contribution < -0.4 is 4.74 Å². The van der Waals surface area contributed by atoms with E-state index in [9.17, 15) is 4.79 Å². The molecule has 0 aliphatic carbocycles. The Hall–Kier alpha value is -2.30. The van der Waals surface area contributed by atoms with Crippen molar-refractivity contribution in [1.29, 1.82) is 0 Å². The number of nitrogens with zero attached hydrogens (tertiary/aromatic N) is 3. The van der Waals surface area contributed by atoms with Crippen molar-refractivity contribution in [3.63, 3.8) is 0 Å². The molecule has 0 unspecified atom stereocenters. The van der Waals surface area contributed by atoms with E-state index in [0.29, 0.717) is 30.3 Å². The molecule has 0 bridgehead atoms. The number of carbonyl (C=O) groups is 1. The summed E-state index contributed by atoms with van der Waals surface area (Å²) in [6.45, 7) is 4.42. The van der Waals surface area contributed by atoms with Gasteiger partial charge in [-0.2, -0.15) is 5.10 Å². The third-order valence-electron chi connectivity index (χ3n) is 2.75. The predicted molar refractivity (Wildman–Crippen MR) is 75.7 cm³/mol. The van der Waals surface area contributed by atoms with Crippen LogP contribution in [0, 0.1) is 0 Å². The zero-order valence-corrected chi connectivity index (χ0v) is 11.7. The molecule has 0 fully saturated rings. The molecular weight excluding hydrogens is 254 g/mol. The summed E-state index contributed by atoms with van der Waals surface area (Å²) >= 11 is 0. The summed E-state index contributed by atoms with van der Waals surface area (Å²) < 4.78 is 5.55. The highest BCUT2D eigenvalue weighted by Gasteiger charge is 2.13. The van der Waals surface area contributed by atoms with Crippen LogP contribution in [0.1, 0.15) is 37.2 Å². The molecule has 0 radical (unpaired) electrons. The molecule has 104 valence electrons. The lowest BCUT2D eigenvalue weighted by Crippen LogP contribution is -2.06. The standard InChI is InChI=1S/C15H17N3O2/c1-3-7-13(19)12-10-16-18-15(17-12)11-8-5-6-9-14(11)20-4-2/h5-6,8-10H,3-4,7H2,1-2H3. The maximum Gasteiger partial charge on any atom is 0.186 e. The number of hydrogen-bond donors (Lipinski definition) is 0. The fourth-order valence-electron chi connectivity index (χ4n) is 1.84. The maximum atomic E-state index is 11.9. The van der Waals surface area contributed by atoms with Crippen LogP contribution in [0.5, 0.6) is 5.75 Å². The number of ether oxygens (including phenoxy) is 1. The number of hydrogen-bond acceptors (Lipinski definition) is 5. The van der Waals surface area contributed by atoms with Gasteiger partial charge in [0.25, 0.3) is 0 Å². The van der Waals surface area contributed by atoms with E-state index in [4.69, 9.17) is 4.74 Å². The van der Waals surface area contributed by atoms with Gasteiger partial charge in [-0.25, -0.2) is 4.98 Å². The van der Waals surface area contributed by atoms with Crippen molar-refractivity contribution in [1.82, 2.24) is 15.2 Å². The molecule has 2 aromatic rings. The number of para-hydroxylation sites is 1. The van der Waals surface area contributed by atoms with Gasteiger partial charge in [-0.05, 0) is 25.5 Å². The summed E-state index contributed by atoms with van der Waals surface area (Å²) in [7, 11) is 0. The molecule has 5 nitrogen and oxygen atoms in total. The smallest absolute Gasteiger partial charge is 0.186 e. The van der Waals surface area contributed by atoms with Gasteiger partial charge >= 0.3 is 0 Å². The van der Waals surface area contributed by atoms with Crippen LogP contribution in [0.2, 0.25) is 0 Å². The van der Waals surface area contributed by atoms with E-state index in [-0.39, 0.29) is 5.78 Å². The molecule has 0 N–H and O–H groups in total. The fourth-order valence-corrected chi connectivity index (χ4v) is 1.84. The van der Waals surface area contributed by atoms with Crippen LogP contribution in [0.25, 0.3) is 11.4 Å². The van der Waals surface area contributed by atoms with Crippen LogP contribution in [0.3, 0.4) is 0 Å². The molecule has 1 aromatic heterocycles. The normalized spacial score (nSPS) is 10.3. The van der Waals surface area contributed by atoms with Gasteiger partial charge in [0, 0.05) is 6.42 Å². The van der Waals surface area contributed by atoms with E-state index in [1.54, 1.807) is 0 Å². The van der Waals surface area contributed by atoms with Crippen molar-refractivity contribution in [2.75, 3.05) is 6.61 Å². The molecule has 0 saturated carbocycles. The first-order chi connectivity index (χ1) is 9.76. The van der Waals surface area contributed by atoms with E-state index >= 15 is 0 Å². The molecule has 0 aliphatic rings. The fraction of sp³-hybridized carbons (Fsp3) is 0.333. The van der Waals surface area contributed by atoms with Gasteiger partial charge in [0.15, 0.2) is 11.6 Å². The third kappa shape index (κ3) is 3.17. The minimum atomic E-state index is -0.0162. The first-order valence-electron chi connectivity index (χ1n) is 6.71. The zero-order valence-electron chi connectivity index (χ0n) is 11.7. The van der Waals surface area contributed by atoms with Gasteiger partial charge in [0.2, 0.25) is 0 Å². The van der Waals surface area contributed by atoms with Crippen LogP contribution in [0.4, 0.5) is 0 Å². The lowest BCUT2D eigenvalue weighted by atomic mass is 10.1. The Kier molecular flexibility index (Phi) is 4.76. The van der Waals surface area contributed by atoms with Crippen molar-refractivity contribution in [3.8, 4) is 17.1 Å². The van der Waals surface area contributed by atoms with E-state index < -0.39 is 0 Å². The first-order valence-corrected chi connectivity index (χ1v) is 6.71. The Balaban J connectivity index is 2.38. The number of benzene rings is 1. The van der Waals surface area contributed by atoms with Crippen molar-refractivity contribution < 1.29 is 9.53 Å². The Labute approximate surface area is 118 Å². The molecule has 0 atom stereocenters. The van der Waals surface area contributed by atoms with E-state index in [0.717, 1.165) is 12.0 Å². The highest BCUT2D eigenvalue weighted by Crippen LogP contribution is 2.26. The average Bonchev–Trinajstić information content (AvgIpc) is 2.48. The summed E-state index contributed by atoms with van der Waals surface area (Å²) in [5.74, 6) is 1.09. The van der Waals surface area contributed by atoms with Crippen LogP contribution >= 0.6 is 0 Å². The SMILES string of the molecule is CCCC(=O)c1cnnc(-c2ccccc2OCC)n1. The van der Waals surface area contributed by atoms with Crippen LogP contribution in [-0.2, 0) is 0 Å². The second kappa shape index (κ2) is 6.75. The van der Waals surface area contributed by atoms with Gasteiger partial charge in [0.05, 0.1) is 18.4 Å². The topological polar surface area (TPSA) is 65.0 Å². The molecule has 0 spiro atoms. The second-order valence-electron chi connectivity index (χ2n) is 4.27. The summed E-state index contributed by atoms with van der Waals surface area (Å²) in [5.41, 5.74) is 1.09. The van der Waals surface area contributed by atoms with Crippen molar-refractivity contribution in [3.05, 3.63) is 36.2 Å². The highest BCUT2D eigenvalue weighted by atomic mass is 16.5. The van der Waals surface area contributed by atoms with Crippen LogP contribution in [0.15, 0.2) is 30.5 Å². The molecule has 0 amide bonds. The monoisotopic (exact) mass is 271 g/mol. The maximum absolute atomic E-state index is 11.9. The number of Topliss-reactive ketones (excluding diaryl/α,β-unsaturated/α-hetero) is 1. The number of aromatic nitrogens is 3. The highest BCUT2D eigenvalue weighted by molar-refractivity contribution is 5.94. The van der Waals surface area contributed by atoms with Gasteiger partial charge in [0.1, 0.15) is 11.4 Å². The minimum absolute atomic E-state index is 0.0162. The quantitative estimate of drug-likeness (QED) is 0.756. The average molecular weight is 271 g/mol. The minimum Gasteiger partial charge on any atom is -0.493 e. The van der Waals surface area contributed by atoms with E-state index in [1.807, 2.05) is 38.1 Å². The largest absolute Gasteiger partial charge is 0.493 e.